The van der Waals surface area contributed by atoms with Gasteiger partial charge in [0.25, 0.3) is 0 Å². The zero-order valence-electron chi connectivity index (χ0n) is 4.71. The van der Waals surface area contributed by atoms with Crippen molar-refractivity contribution in [2.75, 3.05) is 11.5 Å². The lowest BCUT2D eigenvalue weighted by Crippen LogP contribution is -1.97. The lowest BCUT2D eigenvalue weighted by atomic mass is 10.8. The van der Waals surface area contributed by atoms with Crippen LogP contribution in [-0.4, -0.2) is 22.6 Å². The molecule has 2 nitrogen and oxygen atoms in total. The van der Waals surface area contributed by atoms with Crippen molar-refractivity contribution in [1.82, 2.24) is 0 Å². The lowest BCUT2D eigenvalue weighted by Gasteiger charge is -1.88. The molecule has 0 atom stereocenters. The SMILES string of the molecule is O=C(O)CSC/C=C/Cl. The predicted octanol–water partition coefficient (Wildman–Crippen LogP) is 1.56. The normalized spacial score (nSPS) is 10.3. The van der Waals surface area contributed by atoms with Gasteiger partial charge in [-0.1, -0.05) is 17.7 Å². The van der Waals surface area contributed by atoms with Gasteiger partial charge in [0, 0.05) is 11.3 Å². The van der Waals surface area contributed by atoms with Crippen molar-refractivity contribution in [1.29, 1.82) is 0 Å². The number of carboxylic acid groups (broad SMARTS) is 1. The molecule has 0 spiro atoms. The topological polar surface area (TPSA) is 37.3 Å². The first-order valence-electron chi connectivity index (χ1n) is 2.32. The molecule has 0 aromatic heterocycles. The number of carbonyl (C=O) groups is 1. The van der Waals surface area contributed by atoms with Gasteiger partial charge in [-0.25, -0.2) is 0 Å². The van der Waals surface area contributed by atoms with Crippen LogP contribution in [0.3, 0.4) is 0 Å². The molecule has 0 heterocycles. The molecule has 0 unspecified atom stereocenters. The summed E-state index contributed by atoms with van der Waals surface area (Å²) in [6.07, 6.45) is 1.70. The van der Waals surface area contributed by atoms with Crippen LogP contribution in [-0.2, 0) is 4.79 Å². The largest absolute Gasteiger partial charge is 0.481 e. The zero-order valence-corrected chi connectivity index (χ0v) is 6.28. The average molecular weight is 167 g/mol. The van der Waals surface area contributed by atoms with Gasteiger partial charge >= 0.3 is 5.97 Å². The van der Waals surface area contributed by atoms with E-state index in [4.69, 9.17) is 16.7 Å². The minimum atomic E-state index is -0.789. The summed E-state index contributed by atoms with van der Waals surface area (Å²) in [5.74, 6) is 0.0137. The van der Waals surface area contributed by atoms with Gasteiger partial charge < -0.3 is 5.11 Å². The van der Waals surface area contributed by atoms with E-state index in [1.54, 1.807) is 6.08 Å². The summed E-state index contributed by atoms with van der Waals surface area (Å²) in [7, 11) is 0. The molecular weight excluding hydrogens is 160 g/mol. The van der Waals surface area contributed by atoms with E-state index in [9.17, 15) is 4.79 Å². The fourth-order valence-electron chi connectivity index (χ4n) is 0.251. The van der Waals surface area contributed by atoms with Crippen LogP contribution in [0.2, 0.25) is 0 Å². The van der Waals surface area contributed by atoms with E-state index in [0.717, 1.165) is 0 Å². The monoisotopic (exact) mass is 166 g/mol. The Bertz CT molecular complexity index is 114. The second kappa shape index (κ2) is 5.98. The van der Waals surface area contributed by atoms with Crippen molar-refractivity contribution in [2.45, 2.75) is 0 Å². The maximum Gasteiger partial charge on any atom is 0.313 e. The highest BCUT2D eigenvalue weighted by Gasteiger charge is 1.92. The van der Waals surface area contributed by atoms with E-state index in [0.29, 0.717) is 5.75 Å². The molecule has 0 radical (unpaired) electrons. The first-order chi connectivity index (χ1) is 4.27. The molecule has 0 aliphatic rings. The third kappa shape index (κ3) is 7.85. The number of thioether (sulfide) groups is 1. The summed E-state index contributed by atoms with van der Waals surface area (Å²) < 4.78 is 0. The van der Waals surface area contributed by atoms with Gasteiger partial charge in [-0.3, -0.25) is 4.79 Å². The minimum absolute atomic E-state index is 0.140. The minimum Gasteiger partial charge on any atom is -0.481 e. The summed E-state index contributed by atoms with van der Waals surface area (Å²) >= 11 is 6.49. The predicted molar refractivity (Wildman–Crippen MR) is 40.0 cm³/mol. The van der Waals surface area contributed by atoms with Crippen molar-refractivity contribution in [2.24, 2.45) is 0 Å². The van der Waals surface area contributed by atoms with Crippen LogP contribution in [0.1, 0.15) is 0 Å². The van der Waals surface area contributed by atoms with Crippen molar-refractivity contribution in [3.8, 4) is 0 Å². The second-order valence-corrected chi connectivity index (χ2v) is 2.55. The number of rotatable bonds is 4. The summed E-state index contributed by atoms with van der Waals surface area (Å²) in [5, 5.41) is 8.13. The van der Waals surface area contributed by atoms with E-state index >= 15 is 0 Å². The van der Waals surface area contributed by atoms with E-state index < -0.39 is 5.97 Å². The van der Waals surface area contributed by atoms with E-state index in [-0.39, 0.29) is 5.75 Å². The highest BCUT2D eigenvalue weighted by Crippen LogP contribution is 1.99. The molecule has 0 aliphatic carbocycles. The van der Waals surface area contributed by atoms with Crippen molar-refractivity contribution in [3.05, 3.63) is 11.6 Å². The number of hydrogen-bond acceptors (Lipinski definition) is 2. The van der Waals surface area contributed by atoms with Crippen molar-refractivity contribution < 1.29 is 9.90 Å². The molecule has 4 heteroatoms. The first kappa shape index (κ1) is 8.85. The number of aliphatic carboxylic acids is 1. The van der Waals surface area contributed by atoms with Crippen LogP contribution in [0.4, 0.5) is 0 Å². The smallest absolute Gasteiger partial charge is 0.313 e. The van der Waals surface area contributed by atoms with Gasteiger partial charge in [0.15, 0.2) is 0 Å². The Balaban J connectivity index is 3.01. The van der Waals surface area contributed by atoms with E-state index in [1.807, 2.05) is 0 Å². The van der Waals surface area contributed by atoms with Gasteiger partial charge in [-0.05, 0) is 0 Å². The zero-order chi connectivity index (χ0) is 7.11. The number of hydrogen-bond donors (Lipinski definition) is 1. The number of carboxylic acids is 1. The van der Waals surface area contributed by atoms with Crippen LogP contribution >= 0.6 is 23.4 Å². The maximum absolute atomic E-state index is 9.88. The van der Waals surface area contributed by atoms with Crippen LogP contribution in [0, 0.1) is 0 Å². The van der Waals surface area contributed by atoms with Gasteiger partial charge in [0.2, 0.25) is 0 Å². The fraction of sp³-hybridized carbons (Fsp3) is 0.400. The molecule has 9 heavy (non-hydrogen) atoms. The molecule has 0 aromatic rings. The maximum atomic E-state index is 9.88. The highest BCUT2D eigenvalue weighted by atomic mass is 35.5. The van der Waals surface area contributed by atoms with Crippen molar-refractivity contribution in [3.63, 3.8) is 0 Å². The number of halogens is 1. The quantitative estimate of drug-likeness (QED) is 0.644. The molecule has 0 bridgehead atoms. The van der Waals surface area contributed by atoms with Crippen LogP contribution in [0.25, 0.3) is 0 Å². The third-order valence-corrected chi connectivity index (χ3v) is 1.59. The Labute approximate surface area is 62.9 Å². The molecule has 0 fully saturated rings. The molecule has 0 amide bonds. The Hall–Kier alpha value is -0.150. The van der Waals surface area contributed by atoms with Gasteiger partial charge in [-0.2, -0.15) is 0 Å². The van der Waals surface area contributed by atoms with Gasteiger partial charge in [-0.15, -0.1) is 11.8 Å². The summed E-state index contributed by atoms with van der Waals surface area (Å²) in [6.45, 7) is 0. The Kier molecular flexibility index (Phi) is 5.88. The Morgan fingerprint density at radius 2 is 2.44 bits per heavy atom. The fourth-order valence-corrected chi connectivity index (χ4v) is 0.970. The van der Waals surface area contributed by atoms with E-state index in [1.165, 1.54) is 17.3 Å². The summed E-state index contributed by atoms with van der Waals surface area (Å²) in [6, 6.07) is 0. The molecular formula is C5H7ClO2S. The summed E-state index contributed by atoms with van der Waals surface area (Å²) in [5.41, 5.74) is 1.38. The van der Waals surface area contributed by atoms with Gasteiger partial charge in [0.05, 0.1) is 5.75 Å². The van der Waals surface area contributed by atoms with E-state index in [2.05, 4.69) is 0 Å². The van der Waals surface area contributed by atoms with Gasteiger partial charge in [0.1, 0.15) is 0 Å². The standard InChI is InChI=1S/C5H7ClO2S/c6-2-1-3-9-4-5(7)8/h1-2H,3-4H2,(H,7,8)/b2-1+. The second-order valence-electron chi connectivity index (χ2n) is 1.27. The molecule has 0 rings (SSSR count). The van der Waals surface area contributed by atoms with Crippen LogP contribution < -0.4 is 0 Å². The Morgan fingerprint density at radius 1 is 1.78 bits per heavy atom. The molecule has 0 aromatic carbocycles. The average Bonchev–Trinajstić information content (AvgIpc) is 1.80. The molecule has 0 aliphatic heterocycles. The molecule has 0 saturated heterocycles. The van der Waals surface area contributed by atoms with Crippen molar-refractivity contribution >= 4 is 29.3 Å². The van der Waals surface area contributed by atoms with Crippen LogP contribution in [0.5, 0.6) is 0 Å². The molecule has 1 N–H and O–H groups in total. The van der Waals surface area contributed by atoms with Crippen LogP contribution in [0.15, 0.2) is 11.6 Å². The highest BCUT2D eigenvalue weighted by molar-refractivity contribution is 8.00. The Morgan fingerprint density at radius 3 is 2.89 bits per heavy atom. The summed E-state index contributed by atoms with van der Waals surface area (Å²) in [4.78, 5) is 9.88. The molecule has 52 valence electrons. The first-order valence-corrected chi connectivity index (χ1v) is 3.91. The third-order valence-electron chi connectivity index (χ3n) is 0.529. The molecule has 0 saturated carbocycles. The lowest BCUT2D eigenvalue weighted by molar-refractivity contribution is -0.133.